The van der Waals surface area contributed by atoms with Crippen LogP contribution in [0.1, 0.15) is 20.3 Å². The van der Waals surface area contributed by atoms with Gasteiger partial charge in [0.05, 0.1) is 6.61 Å². The molecule has 0 aliphatic carbocycles. The van der Waals surface area contributed by atoms with Crippen LogP contribution in [0.2, 0.25) is 0 Å². The molecule has 4 heteroatoms. The second kappa shape index (κ2) is 3.66. The summed E-state index contributed by atoms with van der Waals surface area (Å²) in [6, 6.07) is 0. The van der Waals surface area contributed by atoms with Crippen molar-refractivity contribution in [1.29, 1.82) is 0 Å². The summed E-state index contributed by atoms with van der Waals surface area (Å²) >= 11 is 1.60. The molecule has 1 aliphatic heterocycles. The second-order valence-corrected chi connectivity index (χ2v) is 4.94. The van der Waals surface area contributed by atoms with Crippen LogP contribution >= 0.6 is 11.8 Å². The van der Waals surface area contributed by atoms with Gasteiger partial charge in [0.2, 0.25) is 0 Å². The third kappa shape index (κ3) is 3.03. The van der Waals surface area contributed by atoms with E-state index in [1.54, 1.807) is 11.8 Å². The quantitative estimate of drug-likeness (QED) is 0.666. The highest BCUT2D eigenvalue weighted by molar-refractivity contribution is 8.00. The molecule has 1 aliphatic rings. The zero-order valence-electron chi connectivity index (χ0n) is 7.50. The highest BCUT2D eigenvalue weighted by atomic mass is 32.2. The lowest BCUT2D eigenvalue weighted by Gasteiger charge is -2.18. The molecule has 0 bridgehead atoms. The van der Waals surface area contributed by atoms with E-state index in [0.29, 0.717) is 6.61 Å². The lowest BCUT2D eigenvalue weighted by Crippen LogP contribution is -2.35. The van der Waals surface area contributed by atoms with E-state index in [4.69, 9.17) is 10.5 Å². The Labute approximate surface area is 77.0 Å². The third-order valence-electron chi connectivity index (χ3n) is 1.54. The van der Waals surface area contributed by atoms with Crippen molar-refractivity contribution in [2.45, 2.75) is 31.1 Å². The fourth-order valence-corrected chi connectivity index (χ4v) is 2.04. The average Bonchev–Trinajstić information content (AvgIpc) is 2.29. The number of carbonyl (C=O) groups excluding carboxylic acids is 1. The van der Waals surface area contributed by atoms with Gasteiger partial charge >= 0.3 is 5.97 Å². The van der Waals surface area contributed by atoms with E-state index in [-0.39, 0.29) is 16.8 Å². The van der Waals surface area contributed by atoms with Crippen LogP contribution in [0.4, 0.5) is 0 Å². The Kier molecular flexibility index (Phi) is 3.01. The third-order valence-corrected chi connectivity index (χ3v) is 3.28. The smallest absolute Gasteiger partial charge is 0.319 e. The number of esters is 1. The molecular weight excluding hydrogens is 174 g/mol. The summed E-state index contributed by atoms with van der Waals surface area (Å²) in [5.74, 6) is 0.719. The molecule has 70 valence electrons. The lowest BCUT2D eigenvalue weighted by atomic mass is 10.1. The zero-order valence-corrected chi connectivity index (χ0v) is 8.32. The van der Waals surface area contributed by atoms with Gasteiger partial charge in [-0.2, -0.15) is 0 Å². The Morgan fingerprint density at radius 2 is 2.42 bits per heavy atom. The molecule has 1 fully saturated rings. The number of nitrogens with two attached hydrogens (primary N) is 1. The van der Waals surface area contributed by atoms with Gasteiger partial charge in [0.1, 0.15) is 5.25 Å². The predicted molar refractivity (Wildman–Crippen MR) is 50.1 cm³/mol. The van der Waals surface area contributed by atoms with Gasteiger partial charge in [-0.1, -0.05) is 0 Å². The standard InChI is InChI=1S/C8H15NO2S/c1-8(2,9)5-12-6-3-4-11-7(6)10/h6H,3-5,9H2,1-2H3. The van der Waals surface area contributed by atoms with Gasteiger partial charge < -0.3 is 10.5 Å². The molecule has 3 nitrogen and oxygen atoms in total. The highest BCUT2D eigenvalue weighted by Crippen LogP contribution is 2.24. The summed E-state index contributed by atoms with van der Waals surface area (Å²) in [6.45, 7) is 4.49. The first kappa shape index (κ1) is 9.86. The van der Waals surface area contributed by atoms with Crippen LogP contribution in [0.5, 0.6) is 0 Å². The Hall–Kier alpha value is -0.220. The van der Waals surface area contributed by atoms with Gasteiger partial charge in [-0.15, -0.1) is 11.8 Å². The molecule has 0 saturated carbocycles. The van der Waals surface area contributed by atoms with Crippen molar-refractivity contribution >= 4 is 17.7 Å². The predicted octanol–water partition coefficient (Wildman–Crippen LogP) is 0.772. The Balaban J connectivity index is 2.27. The molecule has 0 spiro atoms. The Bertz CT molecular complexity index is 176. The van der Waals surface area contributed by atoms with Crippen LogP contribution in [0.3, 0.4) is 0 Å². The van der Waals surface area contributed by atoms with E-state index in [1.165, 1.54) is 0 Å². The van der Waals surface area contributed by atoms with Gasteiger partial charge in [-0.3, -0.25) is 4.79 Å². The lowest BCUT2D eigenvalue weighted by molar-refractivity contribution is -0.137. The topological polar surface area (TPSA) is 52.3 Å². The van der Waals surface area contributed by atoms with E-state index in [9.17, 15) is 4.79 Å². The van der Waals surface area contributed by atoms with Crippen molar-refractivity contribution < 1.29 is 9.53 Å². The first-order valence-corrected chi connectivity index (χ1v) is 5.11. The van der Waals surface area contributed by atoms with E-state index in [2.05, 4.69) is 0 Å². The van der Waals surface area contributed by atoms with Crippen LogP contribution in [-0.2, 0) is 9.53 Å². The summed E-state index contributed by atoms with van der Waals surface area (Å²) in [6.07, 6.45) is 0.833. The molecule has 0 aromatic heterocycles. The van der Waals surface area contributed by atoms with E-state index in [1.807, 2.05) is 13.8 Å². The first-order chi connectivity index (χ1) is 5.49. The second-order valence-electron chi connectivity index (χ2n) is 3.74. The molecule has 0 aromatic rings. The zero-order chi connectivity index (χ0) is 9.19. The van der Waals surface area contributed by atoms with Crippen LogP contribution in [0.15, 0.2) is 0 Å². The van der Waals surface area contributed by atoms with Crippen LogP contribution in [-0.4, -0.2) is 29.1 Å². The molecule has 0 amide bonds. The molecule has 12 heavy (non-hydrogen) atoms. The molecule has 1 rings (SSSR count). The number of cyclic esters (lactones) is 1. The number of thioether (sulfide) groups is 1. The Morgan fingerprint density at radius 3 is 2.83 bits per heavy atom. The van der Waals surface area contributed by atoms with Crippen molar-refractivity contribution in [2.24, 2.45) is 5.73 Å². The summed E-state index contributed by atoms with van der Waals surface area (Å²) in [5.41, 5.74) is 5.59. The number of hydrogen-bond acceptors (Lipinski definition) is 4. The number of ether oxygens (including phenoxy) is 1. The summed E-state index contributed by atoms with van der Waals surface area (Å²) in [4.78, 5) is 11.0. The van der Waals surface area contributed by atoms with Crippen molar-refractivity contribution in [3.63, 3.8) is 0 Å². The minimum atomic E-state index is -0.201. The van der Waals surface area contributed by atoms with Crippen molar-refractivity contribution in [1.82, 2.24) is 0 Å². The van der Waals surface area contributed by atoms with E-state index < -0.39 is 0 Å². The molecule has 2 N–H and O–H groups in total. The summed E-state index contributed by atoms with van der Waals surface area (Å²) in [7, 11) is 0. The largest absolute Gasteiger partial charge is 0.465 e. The maximum Gasteiger partial charge on any atom is 0.319 e. The monoisotopic (exact) mass is 189 g/mol. The normalized spacial score (nSPS) is 24.2. The van der Waals surface area contributed by atoms with Gasteiger partial charge in [0.25, 0.3) is 0 Å². The van der Waals surface area contributed by atoms with Gasteiger partial charge in [-0.05, 0) is 13.8 Å². The Morgan fingerprint density at radius 1 is 1.75 bits per heavy atom. The minimum Gasteiger partial charge on any atom is -0.465 e. The molecule has 1 atom stereocenters. The van der Waals surface area contributed by atoms with Crippen molar-refractivity contribution in [3.05, 3.63) is 0 Å². The fourth-order valence-electron chi connectivity index (χ4n) is 0.944. The van der Waals surface area contributed by atoms with Crippen LogP contribution < -0.4 is 5.73 Å². The number of rotatable bonds is 3. The molecule has 0 aromatic carbocycles. The van der Waals surface area contributed by atoms with Crippen molar-refractivity contribution in [2.75, 3.05) is 12.4 Å². The maximum absolute atomic E-state index is 11.0. The summed E-state index contributed by atoms with van der Waals surface area (Å²) in [5, 5.41) is 0.0211. The molecule has 1 saturated heterocycles. The average molecular weight is 189 g/mol. The maximum atomic E-state index is 11.0. The van der Waals surface area contributed by atoms with Gasteiger partial charge in [-0.25, -0.2) is 0 Å². The molecule has 0 radical (unpaired) electrons. The van der Waals surface area contributed by atoms with E-state index in [0.717, 1.165) is 12.2 Å². The highest BCUT2D eigenvalue weighted by Gasteiger charge is 2.28. The van der Waals surface area contributed by atoms with Crippen LogP contribution in [0, 0.1) is 0 Å². The minimum absolute atomic E-state index is 0.0211. The van der Waals surface area contributed by atoms with E-state index >= 15 is 0 Å². The number of carbonyl (C=O) groups is 1. The molecule has 1 unspecified atom stereocenters. The van der Waals surface area contributed by atoms with Gasteiger partial charge in [0.15, 0.2) is 0 Å². The van der Waals surface area contributed by atoms with Crippen LogP contribution in [0.25, 0.3) is 0 Å². The first-order valence-electron chi connectivity index (χ1n) is 4.06. The molecular formula is C8H15NO2S. The number of hydrogen-bond donors (Lipinski definition) is 1. The summed E-state index contributed by atoms with van der Waals surface area (Å²) < 4.78 is 4.83. The SMILES string of the molecule is CC(C)(N)CSC1CCOC1=O. The molecule has 1 heterocycles. The van der Waals surface area contributed by atoms with Crippen molar-refractivity contribution in [3.8, 4) is 0 Å². The van der Waals surface area contributed by atoms with Gasteiger partial charge in [0, 0.05) is 17.7 Å². The fraction of sp³-hybridized carbons (Fsp3) is 0.875.